The van der Waals surface area contributed by atoms with Crippen LogP contribution in [0.4, 0.5) is 0 Å². The molecule has 4 atom stereocenters. The largest absolute Gasteiger partial charge is 0.352 e. The number of carbonyl (C=O) groups is 2. The van der Waals surface area contributed by atoms with Crippen LogP contribution in [0.2, 0.25) is 0 Å². The van der Waals surface area contributed by atoms with Gasteiger partial charge < -0.3 is 15.5 Å². The summed E-state index contributed by atoms with van der Waals surface area (Å²) in [6.45, 7) is 5.65. The number of likely N-dealkylation sites (tertiary alicyclic amines) is 1. The van der Waals surface area contributed by atoms with Crippen molar-refractivity contribution in [3.8, 4) is 0 Å². The summed E-state index contributed by atoms with van der Waals surface area (Å²) in [6, 6.07) is 10.5. The zero-order valence-electron chi connectivity index (χ0n) is 14.5. The minimum atomic E-state index is -0.238. The van der Waals surface area contributed by atoms with E-state index >= 15 is 0 Å². The first kappa shape index (κ1) is 17.0. The van der Waals surface area contributed by atoms with Crippen LogP contribution in [-0.4, -0.2) is 41.9 Å². The Morgan fingerprint density at radius 3 is 2.79 bits per heavy atom. The Morgan fingerprint density at radius 1 is 1.33 bits per heavy atom. The summed E-state index contributed by atoms with van der Waals surface area (Å²) < 4.78 is 0. The molecule has 0 aliphatic carbocycles. The highest BCUT2D eigenvalue weighted by Crippen LogP contribution is 2.28. The van der Waals surface area contributed by atoms with Gasteiger partial charge in [0.2, 0.25) is 11.8 Å². The monoisotopic (exact) mass is 329 g/mol. The van der Waals surface area contributed by atoms with E-state index in [9.17, 15) is 9.59 Å². The third-order valence-electron chi connectivity index (χ3n) is 5.37. The number of nitrogens with one attached hydrogen (secondary N) is 2. The summed E-state index contributed by atoms with van der Waals surface area (Å²) >= 11 is 0. The maximum absolute atomic E-state index is 12.6. The first-order chi connectivity index (χ1) is 11.6. The minimum Gasteiger partial charge on any atom is -0.352 e. The van der Waals surface area contributed by atoms with Crippen molar-refractivity contribution in [3.63, 3.8) is 0 Å². The van der Waals surface area contributed by atoms with Gasteiger partial charge in [-0.05, 0) is 38.8 Å². The molecule has 0 spiro atoms. The Kier molecular flexibility index (Phi) is 5.19. The Hall–Kier alpha value is -1.88. The first-order valence-corrected chi connectivity index (χ1v) is 8.94. The lowest BCUT2D eigenvalue weighted by Crippen LogP contribution is -2.53. The fraction of sp³-hybridized carbons (Fsp3) is 0.579. The van der Waals surface area contributed by atoms with Crippen LogP contribution in [0.3, 0.4) is 0 Å². The van der Waals surface area contributed by atoms with Crippen molar-refractivity contribution in [2.75, 3.05) is 13.1 Å². The standard InChI is InChI=1S/C19H27N3O2/c1-13-17(9-6-10-20-13)21-19(24)16-11-18(23)22(12-16)14(2)15-7-4-3-5-8-15/h3-5,7-8,13-14,16-17,20H,6,9-12H2,1-2H3,(H,21,24). The lowest BCUT2D eigenvalue weighted by atomic mass is 9.98. The van der Waals surface area contributed by atoms with Crippen molar-refractivity contribution >= 4 is 11.8 Å². The van der Waals surface area contributed by atoms with Crippen LogP contribution in [0, 0.1) is 5.92 Å². The van der Waals surface area contributed by atoms with Gasteiger partial charge in [-0.2, -0.15) is 0 Å². The number of carbonyl (C=O) groups excluding carboxylic acids is 2. The fourth-order valence-electron chi connectivity index (χ4n) is 3.73. The van der Waals surface area contributed by atoms with Gasteiger partial charge in [0.1, 0.15) is 0 Å². The molecule has 2 fully saturated rings. The van der Waals surface area contributed by atoms with E-state index in [1.54, 1.807) is 0 Å². The number of hydrogen-bond acceptors (Lipinski definition) is 3. The Morgan fingerprint density at radius 2 is 2.08 bits per heavy atom. The van der Waals surface area contributed by atoms with Crippen molar-refractivity contribution in [2.45, 2.75) is 51.2 Å². The van der Waals surface area contributed by atoms with Gasteiger partial charge in [0.05, 0.1) is 12.0 Å². The van der Waals surface area contributed by atoms with E-state index in [4.69, 9.17) is 0 Å². The fourth-order valence-corrected chi connectivity index (χ4v) is 3.73. The van der Waals surface area contributed by atoms with Gasteiger partial charge in [0.15, 0.2) is 0 Å². The van der Waals surface area contributed by atoms with Gasteiger partial charge in [-0.25, -0.2) is 0 Å². The number of amides is 2. The lowest BCUT2D eigenvalue weighted by Gasteiger charge is -2.31. The highest BCUT2D eigenvalue weighted by Gasteiger charge is 2.38. The maximum atomic E-state index is 12.6. The number of hydrogen-bond donors (Lipinski definition) is 2. The van der Waals surface area contributed by atoms with Crippen LogP contribution < -0.4 is 10.6 Å². The molecule has 2 saturated heterocycles. The topological polar surface area (TPSA) is 61.4 Å². The highest BCUT2D eigenvalue weighted by molar-refractivity contribution is 5.89. The summed E-state index contributed by atoms with van der Waals surface area (Å²) in [5.74, 6) is -0.147. The molecule has 1 aromatic carbocycles. The van der Waals surface area contributed by atoms with Gasteiger partial charge in [0, 0.05) is 25.0 Å². The Balaban J connectivity index is 1.60. The van der Waals surface area contributed by atoms with Gasteiger partial charge in [-0.15, -0.1) is 0 Å². The molecule has 130 valence electrons. The quantitative estimate of drug-likeness (QED) is 0.886. The molecule has 5 nitrogen and oxygen atoms in total. The van der Waals surface area contributed by atoms with E-state index in [2.05, 4.69) is 17.6 Å². The van der Waals surface area contributed by atoms with Crippen LogP contribution in [0.25, 0.3) is 0 Å². The third-order valence-corrected chi connectivity index (χ3v) is 5.37. The lowest BCUT2D eigenvalue weighted by molar-refractivity contribution is -0.130. The maximum Gasteiger partial charge on any atom is 0.225 e. The molecule has 2 N–H and O–H groups in total. The average Bonchev–Trinajstić information content (AvgIpc) is 2.99. The van der Waals surface area contributed by atoms with Crippen LogP contribution in [-0.2, 0) is 9.59 Å². The smallest absolute Gasteiger partial charge is 0.225 e. The Labute approximate surface area is 143 Å². The summed E-state index contributed by atoms with van der Waals surface area (Å²) in [5.41, 5.74) is 1.11. The second-order valence-corrected chi connectivity index (χ2v) is 7.03. The molecular weight excluding hydrogens is 302 g/mol. The van der Waals surface area contributed by atoms with E-state index in [1.807, 2.05) is 42.2 Å². The molecule has 2 amide bonds. The molecule has 2 aliphatic rings. The summed E-state index contributed by atoms with van der Waals surface area (Å²) in [4.78, 5) is 26.8. The van der Waals surface area contributed by atoms with Crippen molar-refractivity contribution in [3.05, 3.63) is 35.9 Å². The van der Waals surface area contributed by atoms with Crippen LogP contribution in [0.1, 0.15) is 44.7 Å². The molecule has 2 aliphatic heterocycles. The normalized spacial score (nSPS) is 28.7. The van der Waals surface area contributed by atoms with Crippen molar-refractivity contribution in [1.82, 2.24) is 15.5 Å². The molecule has 0 aromatic heterocycles. The molecule has 5 heteroatoms. The first-order valence-electron chi connectivity index (χ1n) is 8.94. The van der Waals surface area contributed by atoms with E-state index in [-0.39, 0.29) is 29.8 Å². The predicted molar refractivity (Wildman–Crippen MR) is 93.3 cm³/mol. The number of nitrogens with zero attached hydrogens (tertiary/aromatic N) is 1. The molecule has 0 radical (unpaired) electrons. The molecular formula is C19H27N3O2. The molecule has 0 saturated carbocycles. The van der Waals surface area contributed by atoms with E-state index in [0.717, 1.165) is 24.9 Å². The second kappa shape index (κ2) is 7.34. The number of piperidine rings is 1. The molecule has 1 aromatic rings. The van der Waals surface area contributed by atoms with Gasteiger partial charge >= 0.3 is 0 Å². The highest BCUT2D eigenvalue weighted by atomic mass is 16.2. The molecule has 4 unspecified atom stereocenters. The number of benzene rings is 1. The van der Waals surface area contributed by atoms with Crippen molar-refractivity contribution in [1.29, 1.82) is 0 Å². The van der Waals surface area contributed by atoms with E-state index in [0.29, 0.717) is 19.0 Å². The minimum absolute atomic E-state index is 0.00627. The molecule has 0 bridgehead atoms. The van der Waals surface area contributed by atoms with Crippen LogP contribution in [0.5, 0.6) is 0 Å². The average molecular weight is 329 g/mol. The number of rotatable bonds is 4. The summed E-state index contributed by atoms with van der Waals surface area (Å²) in [7, 11) is 0. The summed E-state index contributed by atoms with van der Waals surface area (Å²) in [6.07, 6.45) is 2.40. The van der Waals surface area contributed by atoms with E-state index in [1.165, 1.54) is 0 Å². The third kappa shape index (κ3) is 3.61. The Bertz CT molecular complexity index is 590. The summed E-state index contributed by atoms with van der Waals surface area (Å²) in [5, 5.41) is 6.54. The molecule has 2 heterocycles. The van der Waals surface area contributed by atoms with Crippen LogP contribution in [0.15, 0.2) is 30.3 Å². The van der Waals surface area contributed by atoms with Crippen molar-refractivity contribution < 1.29 is 9.59 Å². The predicted octanol–water partition coefficient (Wildman–Crippen LogP) is 1.85. The SMILES string of the molecule is CC1NCCCC1NC(=O)C1CC(=O)N(C(C)c2ccccc2)C1. The zero-order chi connectivity index (χ0) is 17.1. The van der Waals surface area contributed by atoms with Crippen molar-refractivity contribution in [2.24, 2.45) is 5.92 Å². The molecule has 3 rings (SSSR count). The van der Waals surface area contributed by atoms with Crippen LogP contribution >= 0.6 is 0 Å². The van der Waals surface area contributed by atoms with Gasteiger partial charge in [-0.1, -0.05) is 30.3 Å². The second-order valence-electron chi connectivity index (χ2n) is 7.03. The van der Waals surface area contributed by atoms with Gasteiger partial charge in [-0.3, -0.25) is 9.59 Å². The zero-order valence-corrected chi connectivity index (χ0v) is 14.5. The van der Waals surface area contributed by atoms with Gasteiger partial charge in [0.25, 0.3) is 0 Å². The molecule has 24 heavy (non-hydrogen) atoms. The van der Waals surface area contributed by atoms with E-state index < -0.39 is 0 Å².